The summed E-state index contributed by atoms with van der Waals surface area (Å²) in [5.41, 5.74) is 14.6. The highest BCUT2D eigenvalue weighted by atomic mass is 32.2. The minimum absolute atomic E-state index is 0.0437. The highest BCUT2D eigenvalue weighted by Crippen LogP contribution is 2.30. The summed E-state index contributed by atoms with van der Waals surface area (Å²) in [6.07, 6.45) is 17.0. The van der Waals surface area contributed by atoms with Crippen molar-refractivity contribution in [2.45, 2.75) is 12.8 Å². The first kappa shape index (κ1) is 19.2. The summed E-state index contributed by atoms with van der Waals surface area (Å²) in [4.78, 5) is 13.0. The number of nitrogens with one attached hydrogen (secondary N) is 2. The highest BCUT2D eigenvalue weighted by molar-refractivity contribution is 7.99. The van der Waals surface area contributed by atoms with Gasteiger partial charge >= 0.3 is 0 Å². The Morgan fingerprint density at radius 3 is 1.78 bits per heavy atom. The van der Waals surface area contributed by atoms with Gasteiger partial charge in [-0.05, 0) is 36.1 Å². The van der Waals surface area contributed by atoms with Crippen LogP contribution in [0.15, 0.2) is 70.9 Å². The minimum Gasteiger partial charge on any atom is -0.384 e. The van der Waals surface area contributed by atoms with Gasteiger partial charge in [0, 0.05) is 34.5 Å². The molecule has 0 spiro atoms. The monoisotopic (exact) mass is 380 g/mol. The Bertz CT molecular complexity index is 789. The van der Waals surface area contributed by atoms with Gasteiger partial charge in [-0.15, -0.1) is 0 Å². The van der Waals surface area contributed by atoms with Crippen molar-refractivity contribution < 1.29 is 4.79 Å². The molecule has 140 valence electrons. The molecule has 1 aliphatic heterocycles. The van der Waals surface area contributed by atoms with E-state index < -0.39 is 0 Å². The lowest BCUT2D eigenvalue weighted by Crippen LogP contribution is -2.30. The number of carbonyl (C=O) groups excluding carboxylic acids is 1. The lowest BCUT2D eigenvalue weighted by atomic mass is 9.88. The molecule has 1 heterocycles. The summed E-state index contributed by atoms with van der Waals surface area (Å²) >= 11 is 1.78. The first-order chi connectivity index (χ1) is 12.9. The molecule has 2 unspecified atom stereocenters. The zero-order valence-corrected chi connectivity index (χ0v) is 15.9. The molecule has 3 aliphatic rings. The molecule has 1 fully saturated rings. The van der Waals surface area contributed by atoms with Crippen LogP contribution < -0.4 is 11.5 Å². The van der Waals surface area contributed by atoms with Crippen molar-refractivity contribution in [1.82, 2.24) is 0 Å². The molecule has 0 aromatic rings. The predicted octanol–water partition coefficient (Wildman–Crippen LogP) is 3.03. The van der Waals surface area contributed by atoms with Crippen LogP contribution in [-0.2, 0) is 4.79 Å². The molecule has 0 aromatic carbocycles. The molecule has 1 saturated heterocycles. The normalized spacial score (nSPS) is 28.2. The fourth-order valence-electron chi connectivity index (χ4n) is 3.36. The molecule has 27 heavy (non-hydrogen) atoms. The van der Waals surface area contributed by atoms with E-state index in [9.17, 15) is 4.79 Å². The SMILES string of the molecule is N=C(N)C1=CC(=CC2CSCC(C=C3C=C(C(=N)N)C=CC3)C2=O)CC=C1. The Labute approximate surface area is 163 Å². The van der Waals surface area contributed by atoms with E-state index in [1.54, 1.807) is 11.8 Å². The van der Waals surface area contributed by atoms with E-state index in [1.807, 2.05) is 48.6 Å². The molecule has 5 nitrogen and oxygen atoms in total. The van der Waals surface area contributed by atoms with Crippen LogP contribution in [0.4, 0.5) is 0 Å². The van der Waals surface area contributed by atoms with Gasteiger partial charge in [-0.1, -0.05) is 36.5 Å². The average Bonchev–Trinajstić information content (AvgIpc) is 2.65. The van der Waals surface area contributed by atoms with Gasteiger partial charge in [0.05, 0.1) is 0 Å². The zero-order valence-electron chi connectivity index (χ0n) is 15.1. The minimum atomic E-state index is -0.132. The third-order valence-corrected chi connectivity index (χ3v) is 5.95. The smallest absolute Gasteiger partial charge is 0.148 e. The molecular formula is C21H24N4OS. The fraction of sp³-hybridized carbons (Fsp3) is 0.286. The summed E-state index contributed by atoms with van der Waals surface area (Å²) in [6, 6.07) is 0. The van der Waals surface area contributed by atoms with Crippen molar-refractivity contribution in [3.63, 3.8) is 0 Å². The molecule has 0 radical (unpaired) electrons. The van der Waals surface area contributed by atoms with E-state index in [0.717, 1.165) is 35.5 Å². The van der Waals surface area contributed by atoms with Crippen molar-refractivity contribution in [3.8, 4) is 0 Å². The van der Waals surface area contributed by atoms with Gasteiger partial charge in [0.2, 0.25) is 0 Å². The molecule has 0 aromatic heterocycles. The van der Waals surface area contributed by atoms with Gasteiger partial charge in [0.15, 0.2) is 0 Å². The van der Waals surface area contributed by atoms with Gasteiger partial charge in [-0.25, -0.2) is 0 Å². The third-order valence-electron chi connectivity index (χ3n) is 4.76. The van der Waals surface area contributed by atoms with Crippen LogP contribution in [-0.4, -0.2) is 29.0 Å². The molecule has 0 saturated carbocycles. The second-order valence-electron chi connectivity index (χ2n) is 6.88. The fourth-order valence-corrected chi connectivity index (χ4v) is 4.53. The number of allylic oxidation sites excluding steroid dienone is 8. The van der Waals surface area contributed by atoms with Crippen LogP contribution in [0.5, 0.6) is 0 Å². The van der Waals surface area contributed by atoms with Crippen molar-refractivity contribution in [3.05, 3.63) is 70.9 Å². The Kier molecular flexibility index (Phi) is 5.96. The number of ketones is 1. The van der Waals surface area contributed by atoms with E-state index in [0.29, 0.717) is 11.1 Å². The highest BCUT2D eigenvalue weighted by Gasteiger charge is 2.29. The number of rotatable bonds is 4. The summed E-state index contributed by atoms with van der Waals surface area (Å²) in [6.45, 7) is 0. The lowest BCUT2D eigenvalue weighted by Gasteiger charge is -2.25. The van der Waals surface area contributed by atoms with E-state index in [4.69, 9.17) is 22.3 Å². The number of Topliss-reactive ketones (excluding diaryl/α,β-unsaturated/α-hetero) is 1. The molecular weight excluding hydrogens is 356 g/mol. The second-order valence-corrected chi connectivity index (χ2v) is 7.95. The predicted molar refractivity (Wildman–Crippen MR) is 113 cm³/mol. The van der Waals surface area contributed by atoms with Gasteiger partial charge < -0.3 is 11.5 Å². The summed E-state index contributed by atoms with van der Waals surface area (Å²) in [5, 5.41) is 15.2. The van der Waals surface area contributed by atoms with Crippen LogP contribution >= 0.6 is 11.8 Å². The van der Waals surface area contributed by atoms with Crippen molar-refractivity contribution in [2.24, 2.45) is 23.3 Å². The zero-order chi connectivity index (χ0) is 19.4. The van der Waals surface area contributed by atoms with Crippen molar-refractivity contribution in [2.75, 3.05) is 11.5 Å². The number of hydrogen-bond donors (Lipinski definition) is 4. The maximum Gasteiger partial charge on any atom is 0.148 e. The first-order valence-electron chi connectivity index (χ1n) is 8.92. The Morgan fingerprint density at radius 1 is 0.926 bits per heavy atom. The number of thioether (sulfide) groups is 1. The quantitative estimate of drug-likeness (QED) is 0.443. The Hall–Kier alpha value is -2.60. The van der Waals surface area contributed by atoms with Crippen LogP contribution in [0, 0.1) is 22.7 Å². The van der Waals surface area contributed by atoms with E-state index in [-0.39, 0.29) is 29.3 Å². The van der Waals surface area contributed by atoms with Gasteiger partial charge in [-0.2, -0.15) is 11.8 Å². The average molecular weight is 381 g/mol. The first-order valence-corrected chi connectivity index (χ1v) is 10.1. The maximum atomic E-state index is 13.0. The van der Waals surface area contributed by atoms with Gasteiger partial charge in [0.25, 0.3) is 0 Å². The standard InChI is InChI=1S/C21H24N4OS/c22-20(23)15-5-1-3-13(7-15)9-17-11-27-12-18(19(17)26)10-14-4-2-6-16(8-14)21(24)25/h1-2,5-10,17-18H,3-4,11-12H2,(H3,22,23)(H3,24,25). The molecule has 3 rings (SSSR count). The van der Waals surface area contributed by atoms with Crippen molar-refractivity contribution >= 4 is 29.2 Å². The largest absolute Gasteiger partial charge is 0.384 e. The maximum absolute atomic E-state index is 13.0. The Balaban J connectivity index is 1.77. The molecule has 6 heteroatoms. The van der Waals surface area contributed by atoms with Gasteiger partial charge in [0.1, 0.15) is 17.5 Å². The lowest BCUT2D eigenvalue weighted by molar-refractivity contribution is -0.123. The Morgan fingerprint density at radius 2 is 1.37 bits per heavy atom. The summed E-state index contributed by atoms with van der Waals surface area (Å²) in [7, 11) is 0. The topological polar surface area (TPSA) is 117 Å². The van der Waals surface area contributed by atoms with Crippen LogP contribution in [0.3, 0.4) is 0 Å². The summed E-state index contributed by atoms with van der Waals surface area (Å²) < 4.78 is 0. The van der Waals surface area contributed by atoms with Crippen molar-refractivity contribution in [1.29, 1.82) is 10.8 Å². The number of hydrogen-bond acceptors (Lipinski definition) is 4. The third kappa shape index (κ3) is 4.77. The molecule has 0 bridgehead atoms. The number of amidine groups is 2. The molecule has 6 N–H and O–H groups in total. The van der Waals surface area contributed by atoms with E-state index in [2.05, 4.69) is 0 Å². The number of nitrogens with two attached hydrogens (primary N) is 2. The molecule has 0 amide bonds. The molecule has 2 atom stereocenters. The van der Waals surface area contributed by atoms with E-state index >= 15 is 0 Å². The van der Waals surface area contributed by atoms with Crippen LogP contribution in [0.1, 0.15) is 12.8 Å². The van der Waals surface area contributed by atoms with Crippen LogP contribution in [0.2, 0.25) is 0 Å². The van der Waals surface area contributed by atoms with Gasteiger partial charge in [-0.3, -0.25) is 15.6 Å². The summed E-state index contributed by atoms with van der Waals surface area (Å²) in [5.74, 6) is 1.61. The van der Waals surface area contributed by atoms with E-state index in [1.165, 1.54) is 0 Å². The van der Waals surface area contributed by atoms with Crippen LogP contribution in [0.25, 0.3) is 0 Å². The second kappa shape index (κ2) is 8.39. The number of carbonyl (C=O) groups is 1. The molecule has 2 aliphatic carbocycles.